The molecule has 0 radical (unpaired) electrons. The average Bonchev–Trinajstić information content (AvgIpc) is 2.75. The van der Waals surface area contributed by atoms with Gasteiger partial charge < -0.3 is 20.2 Å². The van der Waals surface area contributed by atoms with Crippen LogP contribution >= 0.6 is 24.8 Å². The van der Waals surface area contributed by atoms with Gasteiger partial charge >= 0.3 is 0 Å². The standard InChI is InChI=1S/C12H14N2O3.2ClH/c13-12(15)8-14-4-6-16-10-1-2-11-9(7-10)3-5-17-11;;/h1-3,5,7,14H,4,6,8H2,(H2,13,15);2*1H. The van der Waals surface area contributed by atoms with Crippen molar-refractivity contribution < 1.29 is 13.9 Å². The molecule has 1 amide bonds. The third-order valence-corrected chi connectivity index (χ3v) is 2.27. The Morgan fingerprint density at radius 2 is 2.11 bits per heavy atom. The Morgan fingerprint density at radius 3 is 2.84 bits per heavy atom. The van der Waals surface area contributed by atoms with Crippen LogP contribution in [0.15, 0.2) is 34.9 Å². The summed E-state index contributed by atoms with van der Waals surface area (Å²) in [5.41, 5.74) is 5.82. The molecule has 1 aromatic heterocycles. The van der Waals surface area contributed by atoms with Gasteiger partial charge in [0.2, 0.25) is 5.91 Å². The first-order chi connectivity index (χ1) is 8.25. The number of nitrogens with one attached hydrogen (secondary N) is 1. The van der Waals surface area contributed by atoms with E-state index in [0.717, 1.165) is 16.7 Å². The molecule has 0 bridgehead atoms. The van der Waals surface area contributed by atoms with Crippen LogP contribution in [-0.4, -0.2) is 25.6 Å². The van der Waals surface area contributed by atoms with Crippen LogP contribution in [0.1, 0.15) is 0 Å². The molecule has 106 valence electrons. The number of benzene rings is 1. The first-order valence-electron chi connectivity index (χ1n) is 5.35. The summed E-state index contributed by atoms with van der Waals surface area (Å²) in [6.45, 7) is 1.23. The summed E-state index contributed by atoms with van der Waals surface area (Å²) in [5, 5.41) is 3.88. The lowest BCUT2D eigenvalue weighted by Crippen LogP contribution is -2.31. The van der Waals surface area contributed by atoms with Crippen LogP contribution in [-0.2, 0) is 4.79 Å². The number of rotatable bonds is 6. The molecular formula is C12H16Cl2N2O3. The van der Waals surface area contributed by atoms with Crippen LogP contribution in [0.5, 0.6) is 5.75 Å². The summed E-state index contributed by atoms with van der Waals surface area (Å²) in [7, 11) is 0. The third kappa shape index (κ3) is 5.38. The van der Waals surface area contributed by atoms with Crippen LogP contribution in [0.3, 0.4) is 0 Å². The molecule has 0 atom stereocenters. The lowest BCUT2D eigenvalue weighted by molar-refractivity contribution is -0.117. The van der Waals surface area contributed by atoms with Gasteiger partial charge in [-0.15, -0.1) is 24.8 Å². The van der Waals surface area contributed by atoms with Crippen molar-refractivity contribution >= 4 is 41.7 Å². The number of nitrogens with two attached hydrogens (primary N) is 1. The van der Waals surface area contributed by atoms with Crippen molar-refractivity contribution in [2.24, 2.45) is 5.73 Å². The molecule has 0 unspecified atom stereocenters. The van der Waals surface area contributed by atoms with E-state index in [1.165, 1.54) is 0 Å². The molecule has 5 nitrogen and oxygen atoms in total. The quantitative estimate of drug-likeness (QED) is 0.797. The van der Waals surface area contributed by atoms with Gasteiger partial charge in [0.25, 0.3) is 0 Å². The highest BCUT2D eigenvalue weighted by Gasteiger charge is 1.99. The van der Waals surface area contributed by atoms with Gasteiger partial charge in [0.1, 0.15) is 17.9 Å². The van der Waals surface area contributed by atoms with E-state index in [1.807, 2.05) is 24.3 Å². The number of carbonyl (C=O) groups excluding carboxylic acids is 1. The Labute approximate surface area is 123 Å². The second-order valence-electron chi connectivity index (χ2n) is 3.61. The van der Waals surface area contributed by atoms with Gasteiger partial charge in [-0.3, -0.25) is 4.79 Å². The third-order valence-electron chi connectivity index (χ3n) is 2.27. The van der Waals surface area contributed by atoms with E-state index < -0.39 is 0 Å². The first kappa shape index (κ1) is 17.6. The number of hydrogen-bond acceptors (Lipinski definition) is 4. The number of halogens is 2. The minimum atomic E-state index is -0.371. The molecular weight excluding hydrogens is 291 g/mol. The van der Waals surface area contributed by atoms with Gasteiger partial charge in [0.05, 0.1) is 12.8 Å². The van der Waals surface area contributed by atoms with Crippen LogP contribution < -0.4 is 15.8 Å². The van der Waals surface area contributed by atoms with E-state index in [2.05, 4.69) is 5.32 Å². The molecule has 3 N–H and O–H groups in total. The fraction of sp³-hybridized carbons (Fsp3) is 0.250. The van der Waals surface area contributed by atoms with E-state index in [0.29, 0.717) is 13.2 Å². The Morgan fingerprint density at radius 1 is 1.32 bits per heavy atom. The maximum atomic E-state index is 10.5. The molecule has 0 aliphatic rings. The Bertz CT molecular complexity index is 516. The fourth-order valence-corrected chi connectivity index (χ4v) is 1.49. The second kappa shape index (κ2) is 8.63. The molecule has 1 aromatic carbocycles. The molecule has 7 heteroatoms. The van der Waals surface area contributed by atoms with Crippen molar-refractivity contribution in [2.75, 3.05) is 19.7 Å². The van der Waals surface area contributed by atoms with Gasteiger partial charge in [0.15, 0.2) is 0 Å². The molecule has 0 fully saturated rings. The van der Waals surface area contributed by atoms with E-state index in [1.54, 1.807) is 6.26 Å². The van der Waals surface area contributed by atoms with Crippen LogP contribution in [0.25, 0.3) is 11.0 Å². The number of amides is 1. The highest BCUT2D eigenvalue weighted by molar-refractivity contribution is 5.85. The Balaban J connectivity index is 0.00000162. The normalized spacial score (nSPS) is 9.47. The molecule has 0 aliphatic heterocycles. The molecule has 2 rings (SSSR count). The number of furan rings is 1. The summed E-state index contributed by atoms with van der Waals surface area (Å²) in [6.07, 6.45) is 1.64. The van der Waals surface area contributed by atoms with Gasteiger partial charge in [-0.05, 0) is 24.3 Å². The SMILES string of the molecule is Cl.Cl.NC(=O)CNCCOc1ccc2occc2c1. The summed E-state index contributed by atoms with van der Waals surface area (Å²) >= 11 is 0. The monoisotopic (exact) mass is 306 g/mol. The maximum Gasteiger partial charge on any atom is 0.231 e. The first-order valence-corrected chi connectivity index (χ1v) is 5.35. The zero-order chi connectivity index (χ0) is 12.1. The predicted molar refractivity (Wildman–Crippen MR) is 78.3 cm³/mol. The summed E-state index contributed by atoms with van der Waals surface area (Å²) in [4.78, 5) is 10.5. The summed E-state index contributed by atoms with van der Waals surface area (Å²) in [6, 6.07) is 7.50. The van der Waals surface area contributed by atoms with E-state index in [-0.39, 0.29) is 37.3 Å². The van der Waals surface area contributed by atoms with E-state index in [4.69, 9.17) is 14.9 Å². The topological polar surface area (TPSA) is 77.5 Å². The van der Waals surface area contributed by atoms with Crippen molar-refractivity contribution in [1.29, 1.82) is 0 Å². The Kier molecular flexibility index (Phi) is 7.98. The lowest BCUT2D eigenvalue weighted by atomic mass is 10.2. The van der Waals surface area contributed by atoms with E-state index in [9.17, 15) is 4.79 Å². The molecule has 0 saturated heterocycles. The zero-order valence-corrected chi connectivity index (χ0v) is 11.8. The molecule has 0 saturated carbocycles. The molecule has 0 aliphatic carbocycles. The fourth-order valence-electron chi connectivity index (χ4n) is 1.49. The van der Waals surface area contributed by atoms with E-state index >= 15 is 0 Å². The summed E-state index contributed by atoms with van der Waals surface area (Å²) < 4.78 is 10.7. The largest absolute Gasteiger partial charge is 0.492 e. The Hall–Kier alpha value is -1.43. The van der Waals surface area contributed by atoms with Crippen LogP contribution in [0.2, 0.25) is 0 Å². The molecule has 0 spiro atoms. The number of ether oxygens (including phenoxy) is 1. The second-order valence-corrected chi connectivity index (χ2v) is 3.61. The number of hydrogen-bond donors (Lipinski definition) is 2. The van der Waals surface area contributed by atoms with Crippen molar-refractivity contribution in [3.05, 3.63) is 30.5 Å². The van der Waals surface area contributed by atoms with Crippen molar-refractivity contribution in [1.82, 2.24) is 5.32 Å². The minimum absolute atomic E-state index is 0. The van der Waals surface area contributed by atoms with Crippen molar-refractivity contribution in [3.8, 4) is 5.75 Å². The smallest absolute Gasteiger partial charge is 0.231 e. The number of carbonyl (C=O) groups is 1. The number of fused-ring (bicyclic) bond motifs is 1. The van der Waals surface area contributed by atoms with Gasteiger partial charge in [-0.25, -0.2) is 0 Å². The van der Waals surface area contributed by atoms with Crippen molar-refractivity contribution in [3.63, 3.8) is 0 Å². The van der Waals surface area contributed by atoms with Gasteiger partial charge in [-0.1, -0.05) is 0 Å². The van der Waals surface area contributed by atoms with Crippen LogP contribution in [0, 0.1) is 0 Å². The molecule has 1 heterocycles. The zero-order valence-electron chi connectivity index (χ0n) is 10.1. The molecule has 2 aromatic rings. The summed E-state index contributed by atoms with van der Waals surface area (Å²) in [5.74, 6) is 0.407. The minimum Gasteiger partial charge on any atom is -0.492 e. The van der Waals surface area contributed by atoms with Crippen molar-refractivity contribution in [2.45, 2.75) is 0 Å². The highest BCUT2D eigenvalue weighted by atomic mass is 35.5. The average molecular weight is 307 g/mol. The maximum absolute atomic E-state index is 10.5. The van der Waals surface area contributed by atoms with Gasteiger partial charge in [0, 0.05) is 11.9 Å². The predicted octanol–water partition coefficient (Wildman–Crippen LogP) is 1.73. The number of primary amides is 1. The van der Waals surface area contributed by atoms with Crippen LogP contribution in [0.4, 0.5) is 0 Å². The highest BCUT2D eigenvalue weighted by Crippen LogP contribution is 2.21. The molecule has 19 heavy (non-hydrogen) atoms. The van der Waals surface area contributed by atoms with Gasteiger partial charge in [-0.2, -0.15) is 0 Å². The lowest BCUT2D eigenvalue weighted by Gasteiger charge is -2.06.